The first-order valence-corrected chi connectivity index (χ1v) is 6.43. The Morgan fingerprint density at radius 2 is 1.94 bits per heavy atom. The summed E-state index contributed by atoms with van der Waals surface area (Å²) in [6, 6.07) is 3.48. The predicted molar refractivity (Wildman–Crippen MR) is 78.2 cm³/mol. The number of aldehydes is 1. The van der Waals surface area contributed by atoms with Crippen LogP contribution in [0.3, 0.4) is 0 Å². The third kappa shape index (κ3) is 5.42. The van der Waals surface area contributed by atoms with Crippen LogP contribution in [-0.4, -0.2) is 26.3 Å². The second kappa shape index (κ2) is 8.83. The lowest BCUT2D eigenvalue weighted by Crippen LogP contribution is -2.10. The van der Waals surface area contributed by atoms with Crippen LogP contribution in [0.1, 0.15) is 29.3 Å². The van der Waals surface area contributed by atoms with E-state index in [2.05, 4.69) is 26.6 Å². The van der Waals surface area contributed by atoms with Gasteiger partial charge in [-0.05, 0) is 38.7 Å². The molecule has 0 aromatic heterocycles. The number of aryl methyl sites for hydroxylation is 1. The van der Waals surface area contributed by atoms with Crippen LogP contribution < -0.4 is 10.6 Å². The van der Waals surface area contributed by atoms with Crippen LogP contribution in [-0.2, 0) is 4.79 Å². The zero-order chi connectivity index (χ0) is 14.1. The van der Waals surface area contributed by atoms with E-state index in [4.69, 9.17) is 0 Å². The number of nitrogens with one attached hydrogen (secondary N) is 2. The van der Waals surface area contributed by atoms with Crippen molar-refractivity contribution in [3.8, 4) is 0 Å². The third-order valence-electron chi connectivity index (χ3n) is 2.07. The molecule has 0 saturated heterocycles. The molecule has 1 amide bonds. The van der Waals surface area contributed by atoms with E-state index in [1.165, 1.54) is 0 Å². The molecule has 0 saturated carbocycles. The first-order valence-electron chi connectivity index (χ1n) is 5.63. The minimum Gasteiger partial charge on any atom is -0.326 e. The minimum absolute atomic E-state index is 0.0581. The van der Waals surface area contributed by atoms with Gasteiger partial charge < -0.3 is 10.6 Å². The highest BCUT2D eigenvalue weighted by Crippen LogP contribution is 2.24. The minimum atomic E-state index is -0.0581. The molecular weight excluding hydrogens is 296 g/mol. The fourth-order valence-electron chi connectivity index (χ4n) is 1.15. The van der Waals surface area contributed by atoms with E-state index in [0.29, 0.717) is 17.7 Å². The summed E-state index contributed by atoms with van der Waals surface area (Å²) in [5.41, 5.74) is 2.15. The van der Waals surface area contributed by atoms with Gasteiger partial charge in [-0.1, -0.05) is 22.9 Å². The van der Waals surface area contributed by atoms with Gasteiger partial charge >= 0.3 is 0 Å². The normalized spacial score (nSPS) is 9.17. The summed E-state index contributed by atoms with van der Waals surface area (Å²) < 4.78 is 0.740. The van der Waals surface area contributed by atoms with Crippen LogP contribution in [0.25, 0.3) is 0 Å². The topological polar surface area (TPSA) is 58.2 Å². The van der Waals surface area contributed by atoms with Gasteiger partial charge in [0.2, 0.25) is 5.91 Å². The quantitative estimate of drug-likeness (QED) is 0.843. The lowest BCUT2D eigenvalue weighted by atomic mass is 10.1. The number of anilines is 1. The number of halogens is 1. The number of hydrogen-bond acceptors (Lipinski definition) is 3. The van der Waals surface area contributed by atoms with Gasteiger partial charge in [0.25, 0.3) is 0 Å². The van der Waals surface area contributed by atoms with Crippen molar-refractivity contribution in [1.29, 1.82) is 0 Å². The second-order valence-corrected chi connectivity index (χ2v) is 4.56. The first-order chi connectivity index (χ1) is 8.49. The van der Waals surface area contributed by atoms with Crippen LogP contribution in [0.5, 0.6) is 0 Å². The lowest BCUT2D eigenvalue weighted by molar-refractivity contribution is -0.115. The molecule has 18 heavy (non-hydrogen) atoms. The van der Waals surface area contributed by atoms with Gasteiger partial charge in [-0.15, -0.1) is 0 Å². The molecule has 0 radical (unpaired) electrons. The maximum absolute atomic E-state index is 11.2. The molecule has 1 aromatic carbocycles. The molecule has 0 aliphatic heterocycles. The van der Waals surface area contributed by atoms with Crippen molar-refractivity contribution < 1.29 is 9.59 Å². The summed E-state index contributed by atoms with van der Waals surface area (Å²) in [5, 5.41) is 5.49. The summed E-state index contributed by atoms with van der Waals surface area (Å²) in [4.78, 5) is 21.9. The summed E-state index contributed by atoms with van der Waals surface area (Å²) >= 11 is 3.28. The van der Waals surface area contributed by atoms with Crippen LogP contribution in [0.15, 0.2) is 16.6 Å². The zero-order valence-corrected chi connectivity index (χ0v) is 12.7. The Morgan fingerprint density at radius 3 is 2.39 bits per heavy atom. The maximum atomic E-state index is 11.2. The fraction of sp³-hybridized carbons (Fsp3) is 0.385. The Labute approximate surface area is 116 Å². The van der Waals surface area contributed by atoms with Crippen molar-refractivity contribution in [3.63, 3.8) is 0 Å². The summed E-state index contributed by atoms with van der Waals surface area (Å²) in [5.74, 6) is -0.0581. The van der Waals surface area contributed by atoms with E-state index in [1.54, 1.807) is 13.0 Å². The van der Waals surface area contributed by atoms with Gasteiger partial charge in [0.1, 0.15) is 0 Å². The lowest BCUT2D eigenvalue weighted by Gasteiger charge is -2.09. The van der Waals surface area contributed by atoms with Crippen molar-refractivity contribution in [2.75, 3.05) is 19.4 Å². The average Bonchev–Trinajstić information content (AvgIpc) is 2.33. The van der Waals surface area contributed by atoms with Crippen LogP contribution in [0.4, 0.5) is 5.69 Å². The number of hydrogen-bond donors (Lipinski definition) is 2. The van der Waals surface area contributed by atoms with Crippen molar-refractivity contribution in [2.24, 2.45) is 0 Å². The molecule has 0 aliphatic rings. The molecule has 4 nitrogen and oxygen atoms in total. The monoisotopic (exact) mass is 314 g/mol. The molecule has 1 aromatic rings. The summed E-state index contributed by atoms with van der Waals surface area (Å²) in [6.45, 7) is 3.66. The Kier molecular flexibility index (Phi) is 8.24. The van der Waals surface area contributed by atoms with Gasteiger partial charge in [0.05, 0.1) is 0 Å². The Bertz CT molecular complexity index is 420. The van der Waals surface area contributed by atoms with Gasteiger partial charge in [0, 0.05) is 22.1 Å². The molecule has 0 heterocycles. The molecule has 0 fully saturated rings. The number of carbonyl (C=O) groups is 2. The Balaban J connectivity index is 0.000000873. The van der Waals surface area contributed by atoms with Gasteiger partial charge in [-0.3, -0.25) is 9.59 Å². The first kappa shape index (κ1) is 16.8. The van der Waals surface area contributed by atoms with E-state index in [1.807, 2.05) is 27.1 Å². The van der Waals surface area contributed by atoms with Gasteiger partial charge in [-0.2, -0.15) is 0 Å². The predicted octanol–water partition coefficient (Wildman–Crippen LogP) is 2.75. The van der Waals surface area contributed by atoms with E-state index in [0.717, 1.165) is 16.3 Å². The molecule has 5 heteroatoms. The molecule has 0 unspecified atom stereocenters. The van der Waals surface area contributed by atoms with E-state index in [-0.39, 0.29) is 5.91 Å². The van der Waals surface area contributed by atoms with Crippen molar-refractivity contribution in [2.45, 2.75) is 20.3 Å². The Morgan fingerprint density at radius 1 is 1.39 bits per heavy atom. The molecule has 100 valence electrons. The van der Waals surface area contributed by atoms with Crippen LogP contribution in [0.2, 0.25) is 0 Å². The molecule has 1 rings (SSSR count). The SMILES string of the molecule is CCC(=O)Nc1cc(C=O)c(Br)cc1C.CNC. The summed E-state index contributed by atoms with van der Waals surface area (Å²) in [7, 11) is 3.75. The largest absolute Gasteiger partial charge is 0.326 e. The van der Waals surface area contributed by atoms with Gasteiger partial charge in [-0.25, -0.2) is 0 Å². The Hall–Kier alpha value is -1.20. The molecular formula is C13H19BrN2O2. The van der Waals surface area contributed by atoms with Crippen molar-refractivity contribution in [1.82, 2.24) is 5.32 Å². The summed E-state index contributed by atoms with van der Waals surface area (Å²) in [6.07, 6.45) is 1.18. The molecule has 0 atom stereocenters. The van der Waals surface area contributed by atoms with Crippen molar-refractivity contribution >= 4 is 33.8 Å². The number of carbonyl (C=O) groups excluding carboxylic acids is 2. The van der Waals surface area contributed by atoms with Crippen LogP contribution >= 0.6 is 15.9 Å². The number of rotatable bonds is 3. The van der Waals surface area contributed by atoms with E-state index >= 15 is 0 Å². The van der Waals surface area contributed by atoms with E-state index < -0.39 is 0 Å². The standard InChI is InChI=1S/C11H12BrNO2.C2H7N/c1-3-11(15)13-10-5-8(6-14)9(12)4-7(10)2;1-3-2/h4-6H,3H2,1-2H3,(H,13,15);3H,1-2H3. The smallest absolute Gasteiger partial charge is 0.224 e. The van der Waals surface area contributed by atoms with E-state index in [9.17, 15) is 9.59 Å². The maximum Gasteiger partial charge on any atom is 0.224 e. The molecule has 2 N–H and O–H groups in total. The highest BCUT2D eigenvalue weighted by Gasteiger charge is 2.06. The zero-order valence-electron chi connectivity index (χ0n) is 11.1. The number of benzene rings is 1. The second-order valence-electron chi connectivity index (χ2n) is 3.71. The molecule has 0 aliphatic carbocycles. The average molecular weight is 315 g/mol. The highest BCUT2D eigenvalue weighted by atomic mass is 79.9. The van der Waals surface area contributed by atoms with Crippen LogP contribution in [0, 0.1) is 6.92 Å². The number of amides is 1. The fourth-order valence-corrected chi connectivity index (χ4v) is 1.70. The van der Waals surface area contributed by atoms with Gasteiger partial charge in [0.15, 0.2) is 6.29 Å². The molecule has 0 spiro atoms. The molecule has 0 bridgehead atoms. The van der Waals surface area contributed by atoms with Crippen molar-refractivity contribution in [3.05, 3.63) is 27.7 Å². The highest BCUT2D eigenvalue weighted by molar-refractivity contribution is 9.10. The third-order valence-corrected chi connectivity index (χ3v) is 2.75.